The number of piperidine rings is 1. The van der Waals surface area contributed by atoms with Crippen LogP contribution >= 0.6 is 0 Å². The molecule has 2 heterocycles. The second-order valence-corrected chi connectivity index (χ2v) is 8.46. The van der Waals surface area contributed by atoms with E-state index in [1.165, 1.54) is 4.31 Å². The molecule has 1 aromatic heterocycles. The van der Waals surface area contributed by atoms with E-state index in [1.54, 1.807) is 19.9 Å². The molecule has 0 saturated carbocycles. The highest BCUT2D eigenvalue weighted by atomic mass is 32.2. The maximum Gasteiger partial charge on any atom is 0.246 e. The van der Waals surface area contributed by atoms with Crippen LogP contribution in [0.2, 0.25) is 0 Å². The number of amides is 1. The van der Waals surface area contributed by atoms with Crippen LogP contribution < -0.4 is 5.73 Å². The molecule has 130 valence electrons. The van der Waals surface area contributed by atoms with Crippen LogP contribution in [0.15, 0.2) is 29.2 Å². The first-order chi connectivity index (χ1) is 11.2. The van der Waals surface area contributed by atoms with Gasteiger partial charge in [-0.15, -0.1) is 0 Å². The zero-order chi connectivity index (χ0) is 17.7. The van der Waals surface area contributed by atoms with Crippen LogP contribution in [0.3, 0.4) is 0 Å². The Hall–Kier alpha value is -1.86. The number of hydrogen-bond donors (Lipinski definition) is 1. The van der Waals surface area contributed by atoms with Crippen LogP contribution in [0, 0.1) is 6.92 Å². The summed E-state index contributed by atoms with van der Waals surface area (Å²) in [5, 5.41) is 0.676. The number of carbonyl (C=O) groups excluding carboxylic acids is 1. The van der Waals surface area contributed by atoms with Crippen molar-refractivity contribution >= 4 is 26.8 Å². The van der Waals surface area contributed by atoms with Crippen LogP contribution in [0.5, 0.6) is 0 Å². The lowest BCUT2D eigenvalue weighted by Crippen LogP contribution is -2.59. The minimum absolute atomic E-state index is 0.273. The molecule has 1 fully saturated rings. The lowest BCUT2D eigenvalue weighted by molar-refractivity contribution is -0.128. The van der Waals surface area contributed by atoms with Crippen molar-refractivity contribution in [1.82, 2.24) is 8.87 Å². The van der Waals surface area contributed by atoms with Gasteiger partial charge < -0.3 is 10.3 Å². The lowest BCUT2D eigenvalue weighted by Gasteiger charge is -2.41. The quantitative estimate of drug-likeness (QED) is 0.918. The molecule has 2 aromatic rings. The summed E-state index contributed by atoms with van der Waals surface area (Å²) >= 11 is 0. The van der Waals surface area contributed by atoms with Crippen LogP contribution in [-0.2, 0) is 21.9 Å². The van der Waals surface area contributed by atoms with Gasteiger partial charge in [-0.3, -0.25) is 4.79 Å². The second-order valence-electron chi connectivity index (χ2n) is 6.66. The van der Waals surface area contributed by atoms with Crippen LogP contribution in [-0.4, -0.2) is 35.3 Å². The minimum Gasteiger partial charge on any atom is -0.368 e. The summed E-state index contributed by atoms with van der Waals surface area (Å²) < 4.78 is 30.1. The number of sulfonamides is 1. The molecule has 0 spiro atoms. The molecule has 1 aliphatic rings. The zero-order valence-corrected chi connectivity index (χ0v) is 15.1. The molecule has 0 unspecified atom stereocenters. The van der Waals surface area contributed by atoms with Gasteiger partial charge in [-0.25, -0.2) is 8.42 Å². The van der Waals surface area contributed by atoms with E-state index in [4.69, 9.17) is 5.73 Å². The molecule has 1 aromatic carbocycles. The van der Waals surface area contributed by atoms with Gasteiger partial charge in [0, 0.05) is 30.2 Å². The molecule has 1 aliphatic heterocycles. The first-order valence-corrected chi connectivity index (χ1v) is 9.52. The predicted molar refractivity (Wildman–Crippen MR) is 93.0 cm³/mol. The van der Waals surface area contributed by atoms with E-state index in [0.29, 0.717) is 24.0 Å². The van der Waals surface area contributed by atoms with E-state index in [1.807, 2.05) is 29.8 Å². The Bertz CT molecular complexity index is 917. The van der Waals surface area contributed by atoms with Crippen molar-refractivity contribution in [2.75, 3.05) is 6.54 Å². The van der Waals surface area contributed by atoms with E-state index in [-0.39, 0.29) is 4.90 Å². The summed E-state index contributed by atoms with van der Waals surface area (Å²) in [6.45, 7) is 3.73. The maximum atomic E-state index is 13.5. The fourth-order valence-electron chi connectivity index (χ4n) is 3.65. The van der Waals surface area contributed by atoms with E-state index >= 15 is 0 Å². The summed E-state index contributed by atoms with van der Waals surface area (Å²) in [4.78, 5) is 12.3. The number of primary amides is 1. The standard InChI is InChI=1S/C17H23N3O3S/c1-12-15(13-8-4-5-9-14(13)19(12)3)24(22,23)20-11-7-6-10-17(20,2)16(18)21/h4-5,8-9H,6-7,10-11H2,1-3H3,(H2,18,21)/t17-/m0/s1. The molecular formula is C17H23N3O3S. The number of hydrogen-bond acceptors (Lipinski definition) is 3. The Kier molecular flexibility index (Phi) is 3.96. The Morgan fingerprint density at radius 2 is 1.92 bits per heavy atom. The summed E-state index contributed by atoms with van der Waals surface area (Å²) in [5.74, 6) is -0.594. The monoisotopic (exact) mass is 349 g/mol. The molecule has 0 bridgehead atoms. The minimum atomic E-state index is -3.84. The number of carbonyl (C=O) groups is 1. The number of para-hydroxylation sites is 1. The lowest BCUT2D eigenvalue weighted by atomic mass is 9.90. The molecule has 1 saturated heterocycles. The van der Waals surface area contributed by atoms with Gasteiger partial charge >= 0.3 is 0 Å². The fraction of sp³-hybridized carbons (Fsp3) is 0.471. The predicted octanol–water partition coefficient (Wildman–Crippen LogP) is 1.91. The van der Waals surface area contributed by atoms with Gasteiger partial charge in [-0.2, -0.15) is 4.31 Å². The Balaban J connectivity index is 2.25. The number of nitrogens with zero attached hydrogens (tertiary/aromatic N) is 2. The number of aryl methyl sites for hydroxylation is 1. The van der Waals surface area contributed by atoms with Gasteiger partial charge in [0.1, 0.15) is 10.4 Å². The summed E-state index contributed by atoms with van der Waals surface area (Å²) in [5.41, 5.74) is 5.91. The van der Waals surface area contributed by atoms with Gasteiger partial charge in [0.05, 0.1) is 0 Å². The third-order valence-electron chi connectivity index (χ3n) is 5.25. The highest BCUT2D eigenvalue weighted by Gasteiger charge is 2.47. The van der Waals surface area contributed by atoms with E-state index in [0.717, 1.165) is 18.4 Å². The number of rotatable bonds is 3. The van der Waals surface area contributed by atoms with Crippen molar-refractivity contribution in [1.29, 1.82) is 0 Å². The van der Waals surface area contributed by atoms with Crippen molar-refractivity contribution in [2.24, 2.45) is 12.8 Å². The summed E-state index contributed by atoms with van der Waals surface area (Å²) in [7, 11) is -1.99. The van der Waals surface area contributed by atoms with Crippen molar-refractivity contribution < 1.29 is 13.2 Å². The normalized spacial score (nSPS) is 22.8. The largest absolute Gasteiger partial charge is 0.368 e. The average molecular weight is 349 g/mol. The first-order valence-electron chi connectivity index (χ1n) is 8.08. The van der Waals surface area contributed by atoms with Crippen LogP contribution in [0.25, 0.3) is 10.9 Å². The molecule has 1 atom stereocenters. The van der Waals surface area contributed by atoms with E-state index in [2.05, 4.69) is 0 Å². The highest BCUT2D eigenvalue weighted by Crippen LogP contribution is 2.37. The Labute approximate surface area is 142 Å². The summed E-state index contributed by atoms with van der Waals surface area (Å²) in [6, 6.07) is 7.41. The van der Waals surface area contributed by atoms with Gasteiger partial charge in [0.15, 0.2) is 0 Å². The zero-order valence-electron chi connectivity index (χ0n) is 14.2. The number of benzene rings is 1. The number of fused-ring (bicyclic) bond motifs is 1. The molecule has 7 heteroatoms. The molecule has 2 N–H and O–H groups in total. The third kappa shape index (κ3) is 2.26. The van der Waals surface area contributed by atoms with Crippen molar-refractivity contribution in [3.05, 3.63) is 30.0 Å². The fourth-order valence-corrected chi connectivity index (χ4v) is 5.91. The summed E-state index contributed by atoms with van der Waals surface area (Å²) in [6.07, 6.45) is 1.97. The maximum absolute atomic E-state index is 13.5. The molecule has 0 radical (unpaired) electrons. The van der Waals surface area contributed by atoms with Crippen molar-refractivity contribution in [3.63, 3.8) is 0 Å². The topological polar surface area (TPSA) is 85.4 Å². The third-order valence-corrected chi connectivity index (χ3v) is 7.44. The Morgan fingerprint density at radius 1 is 1.25 bits per heavy atom. The molecule has 3 rings (SSSR count). The van der Waals surface area contributed by atoms with E-state index < -0.39 is 21.5 Å². The number of nitrogens with two attached hydrogens (primary N) is 1. The molecule has 24 heavy (non-hydrogen) atoms. The van der Waals surface area contributed by atoms with Gasteiger partial charge in [-0.05, 0) is 39.2 Å². The van der Waals surface area contributed by atoms with Crippen LogP contribution in [0.4, 0.5) is 0 Å². The molecule has 6 nitrogen and oxygen atoms in total. The van der Waals surface area contributed by atoms with Crippen LogP contribution in [0.1, 0.15) is 31.9 Å². The van der Waals surface area contributed by atoms with Crippen molar-refractivity contribution in [2.45, 2.75) is 43.5 Å². The number of aromatic nitrogens is 1. The SMILES string of the molecule is Cc1c(S(=O)(=O)N2CCCC[C@@]2(C)C(N)=O)c2ccccc2n1C. The molecule has 1 amide bonds. The average Bonchev–Trinajstić information content (AvgIpc) is 2.80. The highest BCUT2D eigenvalue weighted by molar-refractivity contribution is 7.89. The molecule has 0 aliphatic carbocycles. The molecular weight excluding hydrogens is 326 g/mol. The second kappa shape index (κ2) is 5.60. The van der Waals surface area contributed by atoms with E-state index in [9.17, 15) is 13.2 Å². The smallest absolute Gasteiger partial charge is 0.246 e. The van der Waals surface area contributed by atoms with Gasteiger partial charge in [0.25, 0.3) is 0 Å². The van der Waals surface area contributed by atoms with Gasteiger partial charge in [-0.1, -0.05) is 18.2 Å². The van der Waals surface area contributed by atoms with Crippen molar-refractivity contribution in [3.8, 4) is 0 Å². The van der Waals surface area contributed by atoms with Gasteiger partial charge in [0.2, 0.25) is 15.9 Å². The first kappa shape index (κ1) is 17.0. The Morgan fingerprint density at radius 3 is 2.58 bits per heavy atom.